The molecule has 0 heterocycles. The summed E-state index contributed by atoms with van der Waals surface area (Å²) in [6.45, 7) is 1.07. The molecule has 9 heteroatoms. The fourth-order valence-corrected chi connectivity index (χ4v) is 2.38. The lowest BCUT2D eigenvalue weighted by Crippen LogP contribution is -2.56. The molecule has 0 spiro atoms. The van der Waals surface area contributed by atoms with E-state index in [0.717, 1.165) is 13.8 Å². The normalized spacial score (nSPS) is 15.6. The molecule has 0 saturated heterocycles. The maximum atomic E-state index is 13.8. The highest BCUT2D eigenvalue weighted by Crippen LogP contribution is 2.40. The van der Waals surface area contributed by atoms with Gasteiger partial charge in [-0.1, -0.05) is 37.3 Å². The molecule has 1 aromatic rings. The van der Waals surface area contributed by atoms with Crippen LogP contribution in [0.1, 0.15) is 19.4 Å². The Bertz CT molecular complexity index is 690. The molecule has 0 aromatic heterocycles. The van der Waals surface area contributed by atoms with E-state index in [0.29, 0.717) is 5.56 Å². The van der Waals surface area contributed by atoms with Gasteiger partial charge in [-0.05, 0) is 12.5 Å². The van der Waals surface area contributed by atoms with Crippen molar-refractivity contribution < 1.29 is 42.9 Å². The van der Waals surface area contributed by atoms with Gasteiger partial charge < -0.3 is 14.9 Å². The smallest absolute Gasteiger partial charge is 0.326 e. The number of ketones is 1. The zero-order valence-corrected chi connectivity index (χ0v) is 14.0. The van der Waals surface area contributed by atoms with E-state index in [9.17, 15) is 28.0 Å². The summed E-state index contributed by atoms with van der Waals surface area (Å²) >= 11 is 0. The molecule has 0 radical (unpaired) electrons. The predicted molar refractivity (Wildman–Crippen MR) is 83.3 cm³/mol. The van der Waals surface area contributed by atoms with Gasteiger partial charge in [0.15, 0.2) is 11.2 Å². The summed E-state index contributed by atoms with van der Waals surface area (Å²) in [5, 5.41) is 18.1. The Morgan fingerprint density at radius 2 is 1.58 bits per heavy atom. The van der Waals surface area contributed by atoms with Crippen LogP contribution in [0.5, 0.6) is 0 Å². The van der Waals surface area contributed by atoms with E-state index in [1.54, 1.807) is 18.2 Å². The predicted octanol–water partition coefficient (Wildman–Crippen LogP) is 1.99. The van der Waals surface area contributed by atoms with Gasteiger partial charge in [-0.2, -0.15) is 0 Å². The quantitative estimate of drug-likeness (QED) is 0.503. The summed E-state index contributed by atoms with van der Waals surface area (Å²) in [5.41, 5.74) is -3.01. The lowest BCUT2D eigenvalue weighted by atomic mass is 9.69. The second-order valence-corrected chi connectivity index (χ2v) is 5.72. The van der Waals surface area contributed by atoms with Crippen molar-refractivity contribution in [2.24, 2.45) is 17.3 Å². The number of ether oxygens (including phenoxy) is 1. The molecule has 0 saturated carbocycles. The molecule has 1 aromatic carbocycles. The minimum Gasteiger partial charge on any atom is -0.481 e. The van der Waals surface area contributed by atoms with Gasteiger partial charge in [-0.15, -0.1) is 0 Å². The number of Topliss-reactive ketones (excluding diaryl/α,β-unsaturated/α-hetero) is 1. The summed E-state index contributed by atoms with van der Waals surface area (Å²) in [5.74, 6) is -11.3. The third kappa shape index (κ3) is 4.04. The number of carboxylic acid groups (broad SMARTS) is 2. The average molecular weight is 372 g/mol. The number of aliphatic carboxylic acids is 2. The molecule has 3 atom stereocenters. The second kappa shape index (κ2) is 8.50. The Morgan fingerprint density at radius 1 is 1.04 bits per heavy atom. The highest BCUT2D eigenvalue weighted by Gasteiger charge is 2.63. The second-order valence-electron chi connectivity index (χ2n) is 5.72. The van der Waals surface area contributed by atoms with Crippen molar-refractivity contribution in [2.75, 3.05) is 0 Å². The molecular formula is C17H18F2O7. The van der Waals surface area contributed by atoms with E-state index in [-0.39, 0.29) is 0 Å². The fourth-order valence-electron chi connectivity index (χ4n) is 2.38. The summed E-state index contributed by atoms with van der Waals surface area (Å²) < 4.78 is 32.5. The molecule has 0 amide bonds. The van der Waals surface area contributed by atoms with Gasteiger partial charge in [0, 0.05) is 0 Å². The van der Waals surface area contributed by atoms with Gasteiger partial charge in [0.05, 0.1) is 5.92 Å². The van der Waals surface area contributed by atoms with Gasteiger partial charge in [0.1, 0.15) is 12.5 Å². The molecule has 0 aliphatic heterocycles. The first kappa shape index (κ1) is 21.2. The highest BCUT2D eigenvalue weighted by atomic mass is 19.3. The molecule has 3 unspecified atom stereocenters. The average Bonchev–Trinajstić information content (AvgIpc) is 2.59. The molecule has 0 aliphatic rings. The third-order valence-corrected chi connectivity index (χ3v) is 4.12. The van der Waals surface area contributed by atoms with Crippen LogP contribution in [0.2, 0.25) is 0 Å². The maximum Gasteiger partial charge on any atom is 0.326 e. The molecule has 142 valence electrons. The first-order valence-electron chi connectivity index (χ1n) is 7.56. The summed E-state index contributed by atoms with van der Waals surface area (Å²) in [4.78, 5) is 47.2. The van der Waals surface area contributed by atoms with E-state index in [4.69, 9.17) is 14.9 Å². The number of benzene rings is 1. The van der Waals surface area contributed by atoms with Crippen molar-refractivity contribution in [3.63, 3.8) is 0 Å². The minimum atomic E-state index is -3.77. The van der Waals surface area contributed by atoms with Crippen LogP contribution >= 0.6 is 0 Å². The lowest BCUT2D eigenvalue weighted by molar-refractivity contribution is -0.186. The monoisotopic (exact) mass is 372 g/mol. The molecule has 1 rings (SSSR count). The molecule has 0 fully saturated rings. The molecular weight excluding hydrogens is 354 g/mol. The maximum absolute atomic E-state index is 13.8. The summed E-state index contributed by atoms with van der Waals surface area (Å²) in [6.07, 6.45) is -3.77. The van der Waals surface area contributed by atoms with Crippen LogP contribution in [0.15, 0.2) is 30.3 Å². The summed E-state index contributed by atoms with van der Waals surface area (Å²) in [7, 11) is 0. The van der Waals surface area contributed by atoms with Crippen LogP contribution < -0.4 is 0 Å². The van der Waals surface area contributed by atoms with E-state index in [1.807, 2.05) is 0 Å². The summed E-state index contributed by atoms with van der Waals surface area (Å²) in [6, 6.07) is 7.92. The minimum absolute atomic E-state index is 0.422. The Labute approximate surface area is 147 Å². The van der Waals surface area contributed by atoms with Crippen LogP contribution in [0, 0.1) is 17.3 Å². The third-order valence-electron chi connectivity index (χ3n) is 4.12. The van der Waals surface area contributed by atoms with Crippen molar-refractivity contribution >= 4 is 23.7 Å². The molecule has 7 nitrogen and oxygen atoms in total. The van der Waals surface area contributed by atoms with Crippen LogP contribution in [-0.4, -0.2) is 40.3 Å². The van der Waals surface area contributed by atoms with Crippen molar-refractivity contribution in [2.45, 2.75) is 26.9 Å². The largest absolute Gasteiger partial charge is 0.481 e. The molecule has 0 aliphatic carbocycles. The number of esters is 1. The van der Waals surface area contributed by atoms with Crippen LogP contribution in [0.25, 0.3) is 0 Å². The van der Waals surface area contributed by atoms with Gasteiger partial charge in [-0.3, -0.25) is 19.2 Å². The van der Waals surface area contributed by atoms with Gasteiger partial charge in [0.25, 0.3) is 6.43 Å². The van der Waals surface area contributed by atoms with Gasteiger partial charge >= 0.3 is 17.9 Å². The van der Waals surface area contributed by atoms with Gasteiger partial charge in [-0.25, -0.2) is 8.78 Å². The number of hydrogen-bond acceptors (Lipinski definition) is 5. The topological polar surface area (TPSA) is 118 Å². The molecule has 26 heavy (non-hydrogen) atoms. The van der Waals surface area contributed by atoms with Crippen molar-refractivity contribution in [1.82, 2.24) is 0 Å². The fraction of sp³-hybridized carbons (Fsp3) is 0.412. The zero-order valence-electron chi connectivity index (χ0n) is 14.0. The van der Waals surface area contributed by atoms with E-state index in [2.05, 4.69) is 0 Å². The first-order valence-corrected chi connectivity index (χ1v) is 7.56. The SMILES string of the molecule is CC(C(=O)O)C(=O)C(C(=O)OCc1ccccc1)(C(F)F)C(C)C(=O)O. The Morgan fingerprint density at radius 3 is 2.00 bits per heavy atom. The van der Waals surface area contributed by atoms with Crippen LogP contribution in [-0.2, 0) is 30.5 Å². The van der Waals surface area contributed by atoms with Crippen LogP contribution in [0.3, 0.4) is 0 Å². The number of rotatable bonds is 9. The Hall–Kier alpha value is -2.84. The van der Waals surface area contributed by atoms with E-state index in [1.165, 1.54) is 12.1 Å². The number of carbonyl (C=O) groups is 4. The molecule has 2 N–H and O–H groups in total. The number of carbonyl (C=O) groups excluding carboxylic acids is 2. The van der Waals surface area contributed by atoms with Crippen LogP contribution in [0.4, 0.5) is 8.78 Å². The number of hydrogen-bond donors (Lipinski definition) is 2. The number of halogens is 2. The number of alkyl halides is 2. The Balaban J connectivity index is 3.32. The lowest BCUT2D eigenvalue weighted by Gasteiger charge is -2.33. The zero-order chi connectivity index (χ0) is 20.1. The van der Waals surface area contributed by atoms with Crippen molar-refractivity contribution in [3.05, 3.63) is 35.9 Å². The van der Waals surface area contributed by atoms with E-state index < -0.39 is 54.0 Å². The van der Waals surface area contributed by atoms with E-state index >= 15 is 0 Å². The standard InChI is InChI=1S/C17H18F2O7/c1-9(13(21)22)12(20)17(15(18)19,10(2)14(23)24)16(25)26-8-11-6-4-3-5-7-11/h3-7,9-10,15H,8H2,1-2H3,(H,21,22)(H,23,24). The highest BCUT2D eigenvalue weighted by molar-refractivity contribution is 6.13. The van der Waals surface area contributed by atoms with Crippen molar-refractivity contribution in [1.29, 1.82) is 0 Å². The molecule has 0 bridgehead atoms. The Kier molecular flexibility index (Phi) is 6.93. The first-order chi connectivity index (χ1) is 12.1. The van der Waals surface area contributed by atoms with Crippen molar-refractivity contribution in [3.8, 4) is 0 Å². The number of carboxylic acids is 2. The van der Waals surface area contributed by atoms with Gasteiger partial charge in [0.2, 0.25) is 0 Å².